The standard InChI is InChI=1S/C23H21N7O2/c31-23(18-6-8-20(9-7-18)32-19-4-2-1-3-5-19)29-14-12-28(13-15-29)21-10-11-22(27-26-21)30-17-24-16-25-30/h1-11,16-17H,12-15H2. The van der Waals surface area contributed by atoms with Gasteiger partial charge in [0.25, 0.3) is 5.91 Å². The molecule has 3 heterocycles. The van der Waals surface area contributed by atoms with E-state index in [0.717, 1.165) is 11.6 Å². The molecule has 0 bridgehead atoms. The molecular formula is C23H21N7O2. The minimum atomic E-state index is 0.0172. The van der Waals surface area contributed by atoms with Crippen LogP contribution < -0.4 is 9.64 Å². The van der Waals surface area contributed by atoms with E-state index in [4.69, 9.17) is 4.74 Å². The summed E-state index contributed by atoms with van der Waals surface area (Å²) in [6, 6.07) is 20.6. The lowest BCUT2D eigenvalue weighted by Gasteiger charge is -2.35. The van der Waals surface area contributed by atoms with E-state index in [0.29, 0.717) is 43.3 Å². The first-order valence-corrected chi connectivity index (χ1v) is 10.3. The van der Waals surface area contributed by atoms with Crippen molar-refractivity contribution in [3.8, 4) is 17.3 Å². The Morgan fingerprint density at radius 1 is 0.781 bits per heavy atom. The summed E-state index contributed by atoms with van der Waals surface area (Å²) in [4.78, 5) is 20.8. The molecule has 32 heavy (non-hydrogen) atoms. The topological polar surface area (TPSA) is 89.3 Å². The predicted octanol–water partition coefficient (Wildman–Crippen LogP) is 2.81. The van der Waals surface area contributed by atoms with E-state index in [1.807, 2.05) is 59.5 Å². The van der Waals surface area contributed by atoms with Crippen molar-refractivity contribution >= 4 is 11.7 Å². The Hall–Kier alpha value is -4.27. The zero-order valence-corrected chi connectivity index (χ0v) is 17.3. The fraction of sp³-hybridized carbons (Fsp3) is 0.174. The van der Waals surface area contributed by atoms with Crippen molar-refractivity contribution in [1.29, 1.82) is 0 Å². The van der Waals surface area contributed by atoms with Gasteiger partial charge < -0.3 is 14.5 Å². The van der Waals surface area contributed by atoms with Crippen LogP contribution in [-0.4, -0.2) is 61.9 Å². The minimum absolute atomic E-state index is 0.0172. The maximum atomic E-state index is 12.9. The van der Waals surface area contributed by atoms with Gasteiger partial charge in [0.05, 0.1) is 0 Å². The number of carbonyl (C=O) groups excluding carboxylic acids is 1. The zero-order chi connectivity index (χ0) is 21.8. The van der Waals surface area contributed by atoms with Gasteiger partial charge in [0.1, 0.15) is 24.2 Å². The van der Waals surface area contributed by atoms with Crippen LogP contribution in [-0.2, 0) is 0 Å². The Bertz CT molecular complexity index is 1160. The number of ether oxygens (including phenoxy) is 1. The second-order valence-electron chi connectivity index (χ2n) is 7.31. The van der Waals surface area contributed by atoms with E-state index in [1.54, 1.807) is 23.1 Å². The highest BCUT2D eigenvalue weighted by molar-refractivity contribution is 5.94. The molecule has 0 radical (unpaired) electrons. The number of para-hydroxylation sites is 1. The Balaban J connectivity index is 1.17. The summed E-state index contributed by atoms with van der Waals surface area (Å²) in [6.07, 6.45) is 3.03. The number of nitrogens with zero attached hydrogens (tertiary/aromatic N) is 7. The molecule has 2 aromatic carbocycles. The minimum Gasteiger partial charge on any atom is -0.457 e. The number of carbonyl (C=O) groups is 1. The average Bonchev–Trinajstić information content (AvgIpc) is 3.40. The van der Waals surface area contributed by atoms with Crippen LogP contribution in [0.2, 0.25) is 0 Å². The second kappa shape index (κ2) is 8.84. The maximum Gasteiger partial charge on any atom is 0.253 e. The molecule has 0 aliphatic carbocycles. The molecule has 0 saturated carbocycles. The van der Waals surface area contributed by atoms with Gasteiger partial charge in [-0.1, -0.05) is 18.2 Å². The second-order valence-corrected chi connectivity index (χ2v) is 7.31. The van der Waals surface area contributed by atoms with Crippen molar-refractivity contribution in [2.24, 2.45) is 0 Å². The summed E-state index contributed by atoms with van der Waals surface area (Å²) >= 11 is 0. The van der Waals surface area contributed by atoms with Crippen LogP contribution in [0, 0.1) is 0 Å². The quantitative estimate of drug-likeness (QED) is 0.484. The summed E-state index contributed by atoms with van der Waals surface area (Å²) < 4.78 is 7.36. The highest BCUT2D eigenvalue weighted by Crippen LogP contribution is 2.22. The molecule has 1 aliphatic heterocycles. The third-order valence-corrected chi connectivity index (χ3v) is 5.26. The van der Waals surface area contributed by atoms with Gasteiger partial charge in [0.2, 0.25) is 0 Å². The van der Waals surface area contributed by atoms with E-state index in [-0.39, 0.29) is 5.91 Å². The Kier molecular flexibility index (Phi) is 5.44. The van der Waals surface area contributed by atoms with E-state index >= 15 is 0 Å². The summed E-state index contributed by atoms with van der Waals surface area (Å²) in [6.45, 7) is 2.62. The fourth-order valence-corrected chi connectivity index (χ4v) is 3.55. The molecule has 1 saturated heterocycles. The van der Waals surface area contributed by atoms with Crippen LogP contribution in [0.25, 0.3) is 5.82 Å². The summed E-state index contributed by atoms with van der Waals surface area (Å²) in [5, 5.41) is 12.6. The Labute approximate surface area is 184 Å². The van der Waals surface area contributed by atoms with Gasteiger partial charge in [0, 0.05) is 31.7 Å². The molecule has 0 N–H and O–H groups in total. The number of aromatic nitrogens is 5. The number of piperazine rings is 1. The monoisotopic (exact) mass is 427 g/mol. The first-order chi connectivity index (χ1) is 15.8. The van der Waals surface area contributed by atoms with Crippen molar-refractivity contribution in [2.45, 2.75) is 0 Å². The third kappa shape index (κ3) is 4.27. The normalized spacial score (nSPS) is 13.8. The number of amides is 1. The molecule has 9 nitrogen and oxygen atoms in total. The van der Waals surface area contributed by atoms with Crippen molar-refractivity contribution in [3.05, 3.63) is 84.9 Å². The molecule has 0 unspecified atom stereocenters. The van der Waals surface area contributed by atoms with E-state index in [1.165, 1.54) is 6.33 Å². The van der Waals surface area contributed by atoms with Crippen molar-refractivity contribution in [2.75, 3.05) is 31.1 Å². The van der Waals surface area contributed by atoms with Crippen LogP contribution in [0.1, 0.15) is 10.4 Å². The third-order valence-electron chi connectivity index (χ3n) is 5.26. The number of hydrogen-bond donors (Lipinski definition) is 0. The molecule has 1 aliphatic rings. The zero-order valence-electron chi connectivity index (χ0n) is 17.3. The summed E-state index contributed by atoms with van der Waals surface area (Å²) in [5.74, 6) is 2.87. The van der Waals surface area contributed by atoms with E-state index in [9.17, 15) is 4.79 Å². The van der Waals surface area contributed by atoms with Crippen LogP contribution in [0.15, 0.2) is 79.4 Å². The summed E-state index contributed by atoms with van der Waals surface area (Å²) in [5.41, 5.74) is 0.649. The molecule has 5 rings (SSSR count). The smallest absolute Gasteiger partial charge is 0.253 e. The van der Waals surface area contributed by atoms with Gasteiger partial charge in [-0.3, -0.25) is 4.79 Å². The largest absolute Gasteiger partial charge is 0.457 e. The van der Waals surface area contributed by atoms with Crippen molar-refractivity contribution < 1.29 is 9.53 Å². The van der Waals surface area contributed by atoms with Gasteiger partial charge in [-0.2, -0.15) is 5.10 Å². The van der Waals surface area contributed by atoms with Crippen molar-refractivity contribution in [1.82, 2.24) is 29.9 Å². The van der Waals surface area contributed by atoms with Crippen LogP contribution in [0.3, 0.4) is 0 Å². The SMILES string of the molecule is O=C(c1ccc(Oc2ccccc2)cc1)N1CCN(c2ccc(-n3cncn3)nn2)CC1. The number of rotatable bonds is 5. The number of hydrogen-bond acceptors (Lipinski definition) is 7. The molecule has 1 amide bonds. The molecule has 0 atom stereocenters. The molecule has 2 aromatic heterocycles. The Morgan fingerprint density at radius 3 is 2.12 bits per heavy atom. The molecule has 160 valence electrons. The number of anilines is 1. The van der Waals surface area contributed by atoms with Crippen LogP contribution >= 0.6 is 0 Å². The maximum absolute atomic E-state index is 12.9. The van der Waals surface area contributed by atoms with Gasteiger partial charge in [-0.15, -0.1) is 10.2 Å². The predicted molar refractivity (Wildman–Crippen MR) is 118 cm³/mol. The average molecular weight is 427 g/mol. The van der Waals surface area contributed by atoms with Crippen molar-refractivity contribution in [3.63, 3.8) is 0 Å². The lowest BCUT2D eigenvalue weighted by Crippen LogP contribution is -2.49. The first kappa shape index (κ1) is 19.7. The summed E-state index contributed by atoms with van der Waals surface area (Å²) in [7, 11) is 0. The molecule has 9 heteroatoms. The lowest BCUT2D eigenvalue weighted by atomic mass is 10.1. The first-order valence-electron chi connectivity index (χ1n) is 10.3. The van der Waals surface area contributed by atoms with E-state index in [2.05, 4.69) is 25.2 Å². The molecule has 1 fully saturated rings. The Morgan fingerprint density at radius 2 is 1.47 bits per heavy atom. The van der Waals surface area contributed by atoms with Gasteiger partial charge in [-0.05, 0) is 48.5 Å². The van der Waals surface area contributed by atoms with Crippen LogP contribution in [0.5, 0.6) is 11.5 Å². The lowest BCUT2D eigenvalue weighted by molar-refractivity contribution is 0.0746. The van der Waals surface area contributed by atoms with Crippen LogP contribution in [0.4, 0.5) is 5.82 Å². The van der Waals surface area contributed by atoms with Gasteiger partial charge >= 0.3 is 0 Å². The van der Waals surface area contributed by atoms with E-state index < -0.39 is 0 Å². The fourth-order valence-electron chi connectivity index (χ4n) is 3.55. The molecular weight excluding hydrogens is 406 g/mol. The molecule has 0 spiro atoms. The van der Waals surface area contributed by atoms with Gasteiger partial charge in [-0.25, -0.2) is 9.67 Å². The van der Waals surface area contributed by atoms with Gasteiger partial charge in [0.15, 0.2) is 11.6 Å². The number of benzene rings is 2. The molecule has 4 aromatic rings. The highest BCUT2D eigenvalue weighted by Gasteiger charge is 2.23. The highest BCUT2D eigenvalue weighted by atomic mass is 16.5.